The van der Waals surface area contributed by atoms with E-state index in [1.54, 1.807) is 24.4 Å². The van der Waals surface area contributed by atoms with Crippen molar-refractivity contribution in [2.45, 2.75) is 24.9 Å². The lowest BCUT2D eigenvalue weighted by Crippen LogP contribution is -2.38. The first-order valence-electron chi connectivity index (χ1n) is 12.4. The number of ether oxygens (including phenoxy) is 1. The molecule has 0 saturated carbocycles. The van der Waals surface area contributed by atoms with Gasteiger partial charge in [-0.1, -0.05) is 18.2 Å². The molecule has 208 valence electrons. The number of hydrogen-bond acceptors (Lipinski definition) is 7. The van der Waals surface area contributed by atoms with Crippen molar-refractivity contribution in [3.63, 3.8) is 0 Å². The number of anilines is 1. The van der Waals surface area contributed by atoms with Gasteiger partial charge in [0.1, 0.15) is 5.82 Å². The van der Waals surface area contributed by atoms with Crippen LogP contribution >= 0.6 is 0 Å². The summed E-state index contributed by atoms with van der Waals surface area (Å²) in [6.07, 6.45) is 5.04. The topological polar surface area (TPSA) is 121 Å². The number of piperidine rings is 1. The zero-order valence-corrected chi connectivity index (χ0v) is 21.8. The molecule has 2 aromatic heterocycles. The van der Waals surface area contributed by atoms with Crippen LogP contribution in [0.3, 0.4) is 0 Å². The summed E-state index contributed by atoms with van der Waals surface area (Å²) in [6.45, 7) is 1.76. The summed E-state index contributed by atoms with van der Waals surface area (Å²) in [4.78, 5) is 13.0. The van der Waals surface area contributed by atoms with Crippen molar-refractivity contribution in [1.29, 1.82) is 0 Å². The zero-order valence-electron chi connectivity index (χ0n) is 21.0. The highest BCUT2D eigenvalue weighted by molar-refractivity contribution is 7.77. The summed E-state index contributed by atoms with van der Waals surface area (Å²) in [6, 6.07) is 11.2. The SMILES string of the molecule is O=S(O)N[C@@H](c1cccc(F)c1)c1ccc(Oc2ncccc2-c2ccnc(N[C@H]3CCCNC3)n2)c(F)c1F. The molecule has 4 aromatic rings. The Morgan fingerprint density at radius 1 is 1.05 bits per heavy atom. The number of hydrogen-bond donors (Lipinski definition) is 4. The Labute approximate surface area is 230 Å². The number of nitrogens with one attached hydrogen (secondary N) is 3. The standard InChI is InChI=1S/C27H25F3N6O3S/c28-17-5-1-4-16(14-17)25(36-40(37)38)20-8-9-22(24(30)23(20)29)39-26-19(7-3-12-32-26)21-10-13-33-27(35-21)34-18-6-2-11-31-15-18/h1,3-5,7-10,12-14,18,25,31,36H,2,6,11,15H2,(H,37,38)(H,33,34,35)/t18-,25-/m0/s1. The highest BCUT2D eigenvalue weighted by Gasteiger charge is 2.25. The van der Waals surface area contributed by atoms with Gasteiger partial charge in [-0.15, -0.1) is 0 Å². The van der Waals surface area contributed by atoms with E-state index < -0.39 is 40.5 Å². The van der Waals surface area contributed by atoms with Gasteiger partial charge in [0.05, 0.1) is 17.3 Å². The molecule has 3 atom stereocenters. The van der Waals surface area contributed by atoms with E-state index in [0.717, 1.165) is 32.0 Å². The van der Waals surface area contributed by atoms with Crippen LogP contribution in [-0.2, 0) is 11.3 Å². The highest BCUT2D eigenvalue weighted by atomic mass is 32.2. The van der Waals surface area contributed by atoms with Gasteiger partial charge in [-0.05, 0) is 61.3 Å². The number of benzene rings is 2. The minimum absolute atomic E-state index is 0.0196. The van der Waals surface area contributed by atoms with Gasteiger partial charge in [-0.25, -0.2) is 32.7 Å². The molecular weight excluding hydrogens is 545 g/mol. The van der Waals surface area contributed by atoms with Crippen molar-refractivity contribution >= 4 is 17.2 Å². The Balaban J connectivity index is 1.43. The molecule has 0 amide bonds. The zero-order chi connectivity index (χ0) is 28.1. The first-order valence-corrected chi connectivity index (χ1v) is 13.5. The van der Waals surface area contributed by atoms with Gasteiger partial charge in [0.15, 0.2) is 11.6 Å². The fourth-order valence-corrected chi connectivity index (χ4v) is 4.92. The van der Waals surface area contributed by atoms with E-state index in [-0.39, 0.29) is 23.0 Å². The van der Waals surface area contributed by atoms with Crippen LogP contribution in [0.2, 0.25) is 0 Å². The van der Waals surface area contributed by atoms with Crippen molar-refractivity contribution in [3.8, 4) is 22.9 Å². The van der Waals surface area contributed by atoms with E-state index in [1.165, 1.54) is 36.5 Å². The average molecular weight is 571 g/mol. The van der Waals surface area contributed by atoms with Gasteiger partial charge in [0.2, 0.25) is 28.9 Å². The summed E-state index contributed by atoms with van der Waals surface area (Å²) in [5, 5.41) is 6.62. The predicted molar refractivity (Wildman–Crippen MR) is 143 cm³/mol. The van der Waals surface area contributed by atoms with E-state index in [4.69, 9.17) is 4.74 Å². The maximum absolute atomic E-state index is 15.3. The molecule has 2 aromatic carbocycles. The van der Waals surface area contributed by atoms with Gasteiger partial charge >= 0.3 is 0 Å². The highest BCUT2D eigenvalue weighted by Crippen LogP contribution is 2.35. The predicted octanol–water partition coefficient (Wildman–Crippen LogP) is 4.73. The third kappa shape index (κ3) is 6.45. The smallest absolute Gasteiger partial charge is 0.232 e. The number of rotatable bonds is 9. The Morgan fingerprint density at radius 2 is 1.93 bits per heavy atom. The second kappa shape index (κ2) is 12.5. The number of nitrogens with zero attached hydrogens (tertiary/aromatic N) is 3. The number of aromatic nitrogens is 3. The van der Waals surface area contributed by atoms with Crippen molar-refractivity contribution in [2.24, 2.45) is 0 Å². The fraction of sp³-hybridized carbons (Fsp3) is 0.222. The van der Waals surface area contributed by atoms with Gasteiger partial charge in [-0.2, -0.15) is 4.39 Å². The molecule has 5 rings (SSSR count). The molecule has 1 aliphatic heterocycles. The van der Waals surface area contributed by atoms with Crippen molar-refractivity contribution in [2.75, 3.05) is 18.4 Å². The number of halogens is 3. The molecule has 1 saturated heterocycles. The third-order valence-corrected chi connectivity index (χ3v) is 6.77. The first kappa shape index (κ1) is 27.6. The van der Waals surface area contributed by atoms with E-state index in [9.17, 15) is 13.2 Å². The molecular formula is C27H25F3N6O3S. The summed E-state index contributed by atoms with van der Waals surface area (Å²) >= 11 is -2.61. The Kier molecular flexibility index (Phi) is 8.65. The van der Waals surface area contributed by atoms with Gasteiger partial charge in [0.25, 0.3) is 0 Å². The second-order valence-corrected chi connectivity index (χ2v) is 9.78. The lowest BCUT2D eigenvalue weighted by molar-refractivity contribution is 0.402. The maximum Gasteiger partial charge on any atom is 0.232 e. The van der Waals surface area contributed by atoms with Crippen LogP contribution in [0.25, 0.3) is 11.3 Å². The number of pyridine rings is 1. The van der Waals surface area contributed by atoms with Crippen molar-refractivity contribution in [1.82, 2.24) is 25.0 Å². The monoisotopic (exact) mass is 570 g/mol. The van der Waals surface area contributed by atoms with E-state index in [0.29, 0.717) is 17.2 Å². The quantitative estimate of drug-likeness (QED) is 0.213. The summed E-state index contributed by atoms with van der Waals surface area (Å²) in [5.74, 6) is -3.40. The van der Waals surface area contributed by atoms with Crippen LogP contribution in [0.5, 0.6) is 11.6 Å². The van der Waals surface area contributed by atoms with Crippen LogP contribution in [-0.4, -0.2) is 42.8 Å². The van der Waals surface area contributed by atoms with Gasteiger partial charge < -0.3 is 15.4 Å². The lowest BCUT2D eigenvalue weighted by Gasteiger charge is -2.23. The molecule has 40 heavy (non-hydrogen) atoms. The molecule has 0 radical (unpaired) electrons. The van der Waals surface area contributed by atoms with Crippen LogP contribution in [0, 0.1) is 17.5 Å². The normalized spacial score (nSPS) is 16.8. The minimum atomic E-state index is -2.61. The Hall–Kier alpha value is -3.91. The summed E-state index contributed by atoms with van der Waals surface area (Å²) in [7, 11) is 0. The molecule has 3 heterocycles. The molecule has 1 fully saturated rings. The van der Waals surface area contributed by atoms with Gasteiger partial charge in [-0.3, -0.25) is 4.55 Å². The molecule has 0 spiro atoms. The van der Waals surface area contributed by atoms with Crippen LogP contribution in [0.4, 0.5) is 19.1 Å². The largest absolute Gasteiger partial charge is 0.435 e. The Bertz CT molecular complexity index is 1520. The Morgan fingerprint density at radius 3 is 2.70 bits per heavy atom. The molecule has 4 N–H and O–H groups in total. The second-order valence-electron chi connectivity index (χ2n) is 9.05. The van der Waals surface area contributed by atoms with Crippen LogP contribution in [0.15, 0.2) is 67.0 Å². The van der Waals surface area contributed by atoms with Gasteiger partial charge in [0, 0.05) is 30.5 Å². The van der Waals surface area contributed by atoms with Crippen molar-refractivity contribution in [3.05, 3.63) is 95.6 Å². The van der Waals surface area contributed by atoms with Crippen molar-refractivity contribution < 1.29 is 26.7 Å². The van der Waals surface area contributed by atoms with Crippen LogP contribution < -0.4 is 20.1 Å². The van der Waals surface area contributed by atoms with E-state index in [2.05, 4.69) is 30.3 Å². The molecule has 1 unspecified atom stereocenters. The molecule has 1 aliphatic rings. The third-order valence-electron chi connectivity index (χ3n) is 6.33. The molecule has 0 aliphatic carbocycles. The minimum Gasteiger partial charge on any atom is -0.435 e. The summed E-state index contributed by atoms with van der Waals surface area (Å²) < 4.78 is 73.2. The van der Waals surface area contributed by atoms with Crippen LogP contribution in [0.1, 0.15) is 30.0 Å². The average Bonchev–Trinajstić information content (AvgIpc) is 2.95. The first-order chi connectivity index (χ1) is 19.4. The maximum atomic E-state index is 15.3. The molecule has 13 heteroatoms. The molecule has 0 bridgehead atoms. The summed E-state index contributed by atoms with van der Waals surface area (Å²) in [5.41, 5.74) is 0.692. The van der Waals surface area contributed by atoms with E-state index in [1.807, 2.05) is 0 Å². The van der Waals surface area contributed by atoms with E-state index >= 15 is 8.78 Å². The fourth-order valence-electron chi connectivity index (χ4n) is 4.45. The molecule has 9 nitrogen and oxygen atoms in total. The lowest BCUT2D eigenvalue weighted by atomic mass is 9.98.